The summed E-state index contributed by atoms with van der Waals surface area (Å²) in [6.45, 7) is 6.04. The zero-order valence-electron chi connectivity index (χ0n) is 15.0. The predicted octanol–water partition coefficient (Wildman–Crippen LogP) is 2.66. The first-order valence-electron chi connectivity index (χ1n) is 8.94. The molecule has 0 radical (unpaired) electrons. The Bertz CT molecular complexity index is 575. The van der Waals surface area contributed by atoms with E-state index in [1.807, 2.05) is 31.2 Å². The van der Waals surface area contributed by atoms with Crippen LogP contribution >= 0.6 is 0 Å². The number of piperidine rings is 1. The zero-order valence-corrected chi connectivity index (χ0v) is 15.0. The van der Waals surface area contributed by atoms with E-state index in [0.29, 0.717) is 37.8 Å². The maximum Gasteiger partial charge on any atom is 0.310 e. The number of nitrogens with zero attached hydrogens (tertiary/aromatic N) is 1. The van der Waals surface area contributed by atoms with Crippen LogP contribution in [0.15, 0.2) is 24.3 Å². The van der Waals surface area contributed by atoms with Gasteiger partial charge in [0.25, 0.3) is 0 Å². The normalized spacial score (nSPS) is 17.0. The fourth-order valence-corrected chi connectivity index (χ4v) is 2.91. The Morgan fingerprint density at radius 1 is 1.12 bits per heavy atom. The van der Waals surface area contributed by atoms with Crippen LogP contribution in [0.3, 0.4) is 0 Å². The Morgan fingerprint density at radius 2 is 1.84 bits per heavy atom. The molecule has 0 spiro atoms. The van der Waals surface area contributed by atoms with E-state index >= 15 is 0 Å². The molecule has 1 fully saturated rings. The Balaban J connectivity index is 1.81. The van der Waals surface area contributed by atoms with Crippen LogP contribution in [-0.4, -0.2) is 49.7 Å². The Morgan fingerprint density at radius 3 is 2.52 bits per heavy atom. The Kier molecular flexibility index (Phi) is 7.57. The number of esters is 1. The number of para-hydroxylation sites is 2. The molecule has 0 saturated carbocycles. The van der Waals surface area contributed by atoms with Crippen molar-refractivity contribution in [1.29, 1.82) is 0 Å². The number of amides is 1. The van der Waals surface area contributed by atoms with Gasteiger partial charge in [-0.25, -0.2) is 0 Å². The van der Waals surface area contributed by atoms with E-state index in [9.17, 15) is 9.59 Å². The largest absolute Gasteiger partial charge is 0.490 e. The average molecular weight is 349 g/mol. The van der Waals surface area contributed by atoms with Gasteiger partial charge in [-0.15, -0.1) is 0 Å². The van der Waals surface area contributed by atoms with Crippen molar-refractivity contribution in [2.24, 2.45) is 5.92 Å². The second kappa shape index (κ2) is 9.91. The summed E-state index contributed by atoms with van der Waals surface area (Å²) in [6, 6.07) is 7.42. The molecule has 0 bridgehead atoms. The maximum absolute atomic E-state index is 12.4. The molecule has 138 valence electrons. The van der Waals surface area contributed by atoms with Gasteiger partial charge in [-0.05, 0) is 38.8 Å². The third kappa shape index (κ3) is 5.66. The summed E-state index contributed by atoms with van der Waals surface area (Å²) in [5.74, 6) is 0.903. The van der Waals surface area contributed by atoms with E-state index in [4.69, 9.17) is 14.2 Å². The number of likely N-dealkylation sites (tertiary alicyclic amines) is 1. The van der Waals surface area contributed by atoms with E-state index < -0.39 is 0 Å². The monoisotopic (exact) mass is 349 g/mol. The van der Waals surface area contributed by atoms with Gasteiger partial charge in [0.1, 0.15) is 0 Å². The van der Waals surface area contributed by atoms with E-state index in [2.05, 4.69) is 0 Å². The molecule has 1 aromatic rings. The van der Waals surface area contributed by atoms with Crippen molar-refractivity contribution in [1.82, 2.24) is 4.90 Å². The number of hydrogen-bond acceptors (Lipinski definition) is 5. The van der Waals surface area contributed by atoms with Crippen molar-refractivity contribution in [3.63, 3.8) is 0 Å². The maximum atomic E-state index is 12.4. The quantitative estimate of drug-likeness (QED) is 0.675. The minimum absolute atomic E-state index is 0.00268. The van der Waals surface area contributed by atoms with Gasteiger partial charge in [0.2, 0.25) is 5.91 Å². The highest BCUT2D eigenvalue weighted by atomic mass is 16.5. The fraction of sp³-hybridized carbons (Fsp3) is 0.579. The summed E-state index contributed by atoms with van der Waals surface area (Å²) in [6.07, 6.45) is 1.88. The lowest BCUT2D eigenvalue weighted by Crippen LogP contribution is -2.43. The van der Waals surface area contributed by atoms with Crippen LogP contribution in [0.1, 0.15) is 33.1 Å². The SMILES string of the molecule is CCOC(=O)[C@@H]1CCCN(C(=O)CCOc2ccccc2OCC)C1. The topological polar surface area (TPSA) is 65.1 Å². The van der Waals surface area contributed by atoms with Gasteiger partial charge in [-0.3, -0.25) is 9.59 Å². The number of benzene rings is 1. The summed E-state index contributed by atoms with van der Waals surface area (Å²) in [4.78, 5) is 26.0. The molecule has 1 amide bonds. The summed E-state index contributed by atoms with van der Waals surface area (Å²) >= 11 is 0. The molecule has 1 aromatic carbocycles. The van der Waals surface area contributed by atoms with Gasteiger partial charge in [-0.2, -0.15) is 0 Å². The van der Waals surface area contributed by atoms with Gasteiger partial charge in [-0.1, -0.05) is 12.1 Å². The first kappa shape index (κ1) is 19.1. The standard InChI is InChI=1S/C19H27NO5/c1-3-23-16-9-5-6-10-17(16)25-13-11-18(21)20-12-7-8-15(14-20)19(22)24-4-2/h5-6,9-10,15H,3-4,7-8,11-14H2,1-2H3/t15-/m1/s1. The molecule has 2 rings (SSSR count). The molecule has 1 aliphatic rings. The molecular formula is C19H27NO5. The van der Waals surface area contributed by atoms with Crippen LogP contribution in [0, 0.1) is 5.92 Å². The van der Waals surface area contributed by atoms with Crippen LogP contribution < -0.4 is 9.47 Å². The summed E-state index contributed by atoms with van der Waals surface area (Å²) in [5.41, 5.74) is 0. The molecule has 0 unspecified atom stereocenters. The third-order valence-electron chi connectivity index (χ3n) is 4.12. The van der Waals surface area contributed by atoms with Gasteiger partial charge < -0.3 is 19.1 Å². The van der Waals surface area contributed by atoms with Gasteiger partial charge >= 0.3 is 5.97 Å². The van der Waals surface area contributed by atoms with Crippen molar-refractivity contribution in [2.45, 2.75) is 33.1 Å². The molecule has 1 aliphatic heterocycles. The predicted molar refractivity (Wildman–Crippen MR) is 93.7 cm³/mol. The molecule has 25 heavy (non-hydrogen) atoms. The second-order valence-corrected chi connectivity index (χ2v) is 5.91. The van der Waals surface area contributed by atoms with E-state index in [1.165, 1.54) is 0 Å². The summed E-state index contributed by atoms with van der Waals surface area (Å²) < 4.78 is 16.3. The number of carbonyl (C=O) groups is 2. The van der Waals surface area contributed by atoms with Gasteiger partial charge in [0.05, 0.1) is 32.2 Å². The Labute approximate surface area is 149 Å². The fourth-order valence-electron chi connectivity index (χ4n) is 2.91. The molecule has 1 atom stereocenters. The lowest BCUT2D eigenvalue weighted by Gasteiger charge is -2.31. The van der Waals surface area contributed by atoms with Crippen LogP contribution in [0.4, 0.5) is 0 Å². The molecular weight excluding hydrogens is 322 g/mol. The van der Waals surface area contributed by atoms with E-state index in [-0.39, 0.29) is 30.8 Å². The molecule has 1 saturated heterocycles. The average Bonchev–Trinajstić information content (AvgIpc) is 2.63. The summed E-state index contributed by atoms with van der Waals surface area (Å²) in [7, 11) is 0. The van der Waals surface area contributed by atoms with Crippen LogP contribution in [0.25, 0.3) is 0 Å². The lowest BCUT2D eigenvalue weighted by atomic mass is 9.98. The van der Waals surface area contributed by atoms with Crippen molar-refractivity contribution >= 4 is 11.9 Å². The molecule has 0 aliphatic carbocycles. The minimum Gasteiger partial charge on any atom is -0.490 e. The highest BCUT2D eigenvalue weighted by Gasteiger charge is 2.29. The van der Waals surface area contributed by atoms with Crippen molar-refractivity contribution < 1.29 is 23.8 Å². The highest BCUT2D eigenvalue weighted by molar-refractivity contribution is 5.78. The number of rotatable bonds is 8. The molecule has 6 heteroatoms. The third-order valence-corrected chi connectivity index (χ3v) is 4.12. The molecule has 1 heterocycles. The van der Waals surface area contributed by atoms with E-state index in [1.54, 1.807) is 11.8 Å². The van der Waals surface area contributed by atoms with Crippen molar-refractivity contribution in [2.75, 3.05) is 32.9 Å². The smallest absolute Gasteiger partial charge is 0.310 e. The number of carbonyl (C=O) groups excluding carboxylic acids is 2. The number of ether oxygens (including phenoxy) is 3. The lowest BCUT2D eigenvalue weighted by molar-refractivity contribution is -0.151. The van der Waals surface area contributed by atoms with Crippen LogP contribution in [-0.2, 0) is 14.3 Å². The summed E-state index contributed by atoms with van der Waals surface area (Å²) in [5, 5.41) is 0. The molecule has 0 aromatic heterocycles. The van der Waals surface area contributed by atoms with Crippen molar-refractivity contribution in [3.05, 3.63) is 24.3 Å². The number of hydrogen-bond donors (Lipinski definition) is 0. The first-order chi connectivity index (χ1) is 12.2. The molecule has 6 nitrogen and oxygen atoms in total. The highest BCUT2D eigenvalue weighted by Crippen LogP contribution is 2.26. The molecule has 0 N–H and O–H groups in total. The van der Waals surface area contributed by atoms with Gasteiger partial charge in [0.15, 0.2) is 11.5 Å². The van der Waals surface area contributed by atoms with Crippen molar-refractivity contribution in [3.8, 4) is 11.5 Å². The zero-order chi connectivity index (χ0) is 18.1. The minimum atomic E-state index is -0.211. The van der Waals surface area contributed by atoms with E-state index in [0.717, 1.165) is 12.8 Å². The Hall–Kier alpha value is -2.24. The first-order valence-corrected chi connectivity index (χ1v) is 8.94. The van der Waals surface area contributed by atoms with Crippen LogP contribution in [0.2, 0.25) is 0 Å². The second-order valence-electron chi connectivity index (χ2n) is 5.91. The van der Waals surface area contributed by atoms with Crippen LogP contribution in [0.5, 0.6) is 11.5 Å². The van der Waals surface area contributed by atoms with Gasteiger partial charge in [0, 0.05) is 13.1 Å².